The molecule has 3 aromatic carbocycles. The molecule has 0 aliphatic heterocycles. The molecule has 0 fully saturated rings. The number of fused-ring (bicyclic) bond motifs is 1. The van der Waals surface area contributed by atoms with Crippen molar-refractivity contribution in [3.63, 3.8) is 0 Å². The predicted molar refractivity (Wildman–Crippen MR) is 116 cm³/mol. The number of aromatic nitrogens is 2. The van der Waals surface area contributed by atoms with Gasteiger partial charge in [0.15, 0.2) is 0 Å². The second-order valence-corrected chi connectivity index (χ2v) is 8.60. The van der Waals surface area contributed by atoms with Gasteiger partial charge in [-0.25, -0.2) is 4.98 Å². The summed E-state index contributed by atoms with van der Waals surface area (Å²) in [5.41, 5.74) is 1.23. The van der Waals surface area contributed by atoms with Crippen molar-refractivity contribution in [2.75, 3.05) is 0 Å². The molecule has 1 atom stereocenters. The van der Waals surface area contributed by atoms with E-state index in [-0.39, 0.29) is 5.25 Å². The number of thioether (sulfide) groups is 1. The molecule has 2 nitrogen and oxygen atoms in total. The predicted octanol–water partition coefficient (Wildman–Crippen LogP) is 7.53. The molecule has 0 spiro atoms. The van der Waals surface area contributed by atoms with Crippen molar-refractivity contribution in [1.82, 2.24) is 9.55 Å². The van der Waals surface area contributed by atoms with Gasteiger partial charge in [0.1, 0.15) is 0 Å². The lowest BCUT2D eigenvalue weighted by atomic mass is 10.0. The Bertz CT molecular complexity index is 1050. The van der Waals surface area contributed by atoms with Gasteiger partial charge >= 0.3 is 0 Å². The van der Waals surface area contributed by atoms with Crippen LogP contribution in [0.2, 0.25) is 15.1 Å². The lowest BCUT2D eigenvalue weighted by molar-refractivity contribution is 0.686. The van der Waals surface area contributed by atoms with E-state index in [1.807, 2.05) is 12.5 Å². The lowest BCUT2D eigenvalue weighted by Crippen LogP contribution is -2.06. The van der Waals surface area contributed by atoms with Crippen molar-refractivity contribution in [2.24, 2.45) is 0 Å². The maximum Gasteiger partial charge on any atom is 0.0946 e. The fourth-order valence-electron chi connectivity index (χ4n) is 3.10. The molecular formula is C21H15Cl3N2S. The number of hydrogen-bond acceptors (Lipinski definition) is 2. The highest BCUT2D eigenvalue weighted by atomic mass is 35.5. The number of imidazole rings is 1. The highest BCUT2D eigenvalue weighted by molar-refractivity contribution is 7.99. The van der Waals surface area contributed by atoms with Gasteiger partial charge < -0.3 is 4.57 Å². The molecule has 0 saturated heterocycles. The van der Waals surface area contributed by atoms with Gasteiger partial charge in [-0.15, -0.1) is 11.8 Å². The molecule has 1 heterocycles. The maximum atomic E-state index is 6.46. The molecule has 0 aliphatic carbocycles. The first-order chi connectivity index (χ1) is 13.1. The van der Waals surface area contributed by atoms with Crippen LogP contribution >= 0.6 is 46.6 Å². The Morgan fingerprint density at radius 1 is 0.963 bits per heavy atom. The lowest BCUT2D eigenvalue weighted by Gasteiger charge is -2.21. The van der Waals surface area contributed by atoms with E-state index >= 15 is 0 Å². The van der Waals surface area contributed by atoms with Gasteiger partial charge in [0.05, 0.1) is 21.6 Å². The smallest absolute Gasteiger partial charge is 0.0946 e. The minimum absolute atomic E-state index is 0.0986. The molecule has 6 heteroatoms. The first kappa shape index (κ1) is 18.7. The van der Waals surface area contributed by atoms with Crippen LogP contribution in [-0.4, -0.2) is 9.55 Å². The summed E-state index contributed by atoms with van der Waals surface area (Å²) in [4.78, 5) is 5.00. The zero-order valence-electron chi connectivity index (χ0n) is 14.1. The van der Waals surface area contributed by atoms with E-state index in [4.69, 9.17) is 34.8 Å². The average molecular weight is 434 g/mol. The van der Waals surface area contributed by atoms with Crippen molar-refractivity contribution in [3.05, 3.63) is 93.9 Å². The Morgan fingerprint density at radius 2 is 1.70 bits per heavy atom. The van der Waals surface area contributed by atoms with Crippen LogP contribution in [0.1, 0.15) is 10.8 Å². The van der Waals surface area contributed by atoms with Crippen molar-refractivity contribution >= 4 is 57.3 Å². The fraction of sp³-hybridized carbons (Fsp3) is 0.0952. The standard InChI is InChI=1S/C21H15Cl3N2S/c22-15-10-18(23)21(19(24)11-15)27-20(12-26-9-8-25-13-26)17-7-3-5-14-4-1-2-6-16(14)17/h1-11,13,20H,12H2. The van der Waals surface area contributed by atoms with Crippen LogP contribution in [0.4, 0.5) is 0 Å². The average Bonchev–Trinajstić information content (AvgIpc) is 3.16. The van der Waals surface area contributed by atoms with Crippen LogP contribution < -0.4 is 0 Å². The third-order valence-electron chi connectivity index (χ3n) is 4.33. The molecule has 0 aliphatic rings. The van der Waals surface area contributed by atoms with Crippen molar-refractivity contribution in [3.8, 4) is 0 Å². The van der Waals surface area contributed by atoms with Crippen LogP contribution in [0.5, 0.6) is 0 Å². The quantitative estimate of drug-likeness (QED) is 0.303. The second kappa shape index (κ2) is 8.15. The van der Waals surface area contributed by atoms with E-state index in [0.717, 1.165) is 11.4 Å². The molecule has 0 amide bonds. The molecule has 0 bridgehead atoms. The van der Waals surface area contributed by atoms with Gasteiger partial charge in [0.2, 0.25) is 0 Å². The van der Waals surface area contributed by atoms with Crippen molar-refractivity contribution in [2.45, 2.75) is 16.7 Å². The summed E-state index contributed by atoms with van der Waals surface area (Å²) >= 11 is 20.6. The van der Waals surface area contributed by atoms with Gasteiger partial charge in [0.25, 0.3) is 0 Å². The van der Waals surface area contributed by atoms with Gasteiger partial charge in [-0.2, -0.15) is 0 Å². The van der Waals surface area contributed by atoms with E-state index in [2.05, 4.69) is 52.0 Å². The Labute approximate surface area is 177 Å². The van der Waals surface area contributed by atoms with Crippen LogP contribution in [0.3, 0.4) is 0 Å². The summed E-state index contributed by atoms with van der Waals surface area (Å²) < 4.78 is 2.07. The van der Waals surface area contributed by atoms with E-state index < -0.39 is 0 Å². The van der Waals surface area contributed by atoms with Crippen LogP contribution in [0.15, 0.2) is 78.2 Å². The summed E-state index contributed by atoms with van der Waals surface area (Å²) in [6, 6.07) is 18.2. The summed E-state index contributed by atoms with van der Waals surface area (Å²) in [5, 5.41) is 4.19. The topological polar surface area (TPSA) is 17.8 Å². The van der Waals surface area contributed by atoms with Gasteiger partial charge in [0, 0.05) is 28.9 Å². The monoisotopic (exact) mass is 432 g/mol. The molecule has 0 saturated carbocycles. The Balaban J connectivity index is 1.80. The second-order valence-electron chi connectivity index (χ2n) is 6.13. The highest BCUT2D eigenvalue weighted by Gasteiger charge is 2.20. The number of hydrogen-bond donors (Lipinski definition) is 0. The van der Waals surface area contributed by atoms with Crippen LogP contribution in [-0.2, 0) is 6.54 Å². The minimum Gasteiger partial charge on any atom is -0.336 e. The first-order valence-corrected chi connectivity index (χ1v) is 10.4. The van der Waals surface area contributed by atoms with E-state index in [1.165, 1.54) is 16.3 Å². The maximum absolute atomic E-state index is 6.46. The molecule has 0 N–H and O–H groups in total. The summed E-state index contributed by atoms with van der Waals surface area (Å²) in [7, 11) is 0. The summed E-state index contributed by atoms with van der Waals surface area (Å²) in [6.07, 6.45) is 5.57. The Hall–Kier alpha value is -1.65. The molecule has 1 unspecified atom stereocenters. The van der Waals surface area contributed by atoms with Gasteiger partial charge in [-0.05, 0) is 28.5 Å². The SMILES string of the molecule is Clc1cc(Cl)c(SC(Cn2ccnc2)c2cccc3ccccc23)c(Cl)c1. The number of rotatable bonds is 5. The molecule has 4 rings (SSSR count). The number of nitrogens with zero attached hydrogens (tertiary/aromatic N) is 2. The Kier molecular flexibility index (Phi) is 5.65. The number of halogens is 3. The molecule has 136 valence electrons. The van der Waals surface area contributed by atoms with E-state index in [0.29, 0.717) is 15.1 Å². The largest absolute Gasteiger partial charge is 0.336 e. The molecular weight excluding hydrogens is 419 g/mol. The van der Waals surface area contributed by atoms with E-state index in [9.17, 15) is 0 Å². The Morgan fingerprint density at radius 3 is 2.44 bits per heavy atom. The van der Waals surface area contributed by atoms with Gasteiger partial charge in [-0.1, -0.05) is 77.3 Å². The molecule has 1 aromatic heterocycles. The summed E-state index contributed by atoms with van der Waals surface area (Å²) in [6.45, 7) is 0.744. The zero-order chi connectivity index (χ0) is 18.8. The van der Waals surface area contributed by atoms with Gasteiger partial charge in [-0.3, -0.25) is 0 Å². The minimum atomic E-state index is 0.0986. The number of benzene rings is 3. The van der Waals surface area contributed by atoms with Crippen LogP contribution in [0, 0.1) is 0 Å². The zero-order valence-corrected chi connectivity index (χ0v) is 17.2. The highest BCUT2D eigenvalue weighted by Crippen LogP contribution is 2.45. The molecule has 0 radical (unpaired) electrons. The van der Waals surface area contributed by atoms with Crippen molar-refractivity contribution < 1.29 is 0 Å². The third kappa shape index (κ3) is 4.12. The van der Waals surface area contributed by atoms with Crippen LogP contribution in [0.25, 0.3) is 10.8 Å². The molecule has 4 aromatic rings. The third-order valence-corrected chi connectivity index (χ3v) is 6.73. The first-order valence-electron chi connectivity index (χ1n) is 8.36. The van der Waals surface area contributed by atoms with E-state index in [1.54, 1.807) is 30.1 Å². The fourth-order valence-corrected chi connectivity index (χ4v) is 5.39. The molecule has 27 heavy (non-hydrogen) atoms. The normalized spacial score (nSPS) is 12.4. The summed E-state index contributed by atoms with van der Waals surface area (Å²) in [5.74, 6) is 0. The van der Waals surface area contributed by atoms with Crippen molar-refractivity contribution in [1.29, 1.82) is 0 Å².